The Hall–Kier alpha value is -2.81. The number of ether oxygens (including phenoxy) is 1. The van der Waals surface area contributed by atoms with Gasteiger partial charge in [-0.15, -0.1) is 0 Å². The van der Waals surface area contributed by atoms with E-state index in [-0.39, 0.29) is 0 Å². The van der Waals surface area contributed by atoms with Gasteiger partial charge in [-0.3, -0.25) is 0 Å². The summed E-state index contributed by atoms with van der Waals surface area (Å²) in [5.41, 5.74) is 7.26. The molecule has 3 aromatic rings. The molecule has 0 radical (unpaired) electrons. The van der Waals surface area contributed by atoms with Crippen LogP contribution in [0.3, 0.4) is 0 Å². The van der Waals surface area contributed by atoms with E-state index in [2.05, 4.69) is 75.6 Å². The van der Waals surface area contributed by atoms with Gasteiger partial charge in [0.15, 0.2) is 0 Å². The Labute approximate surface area is 186 Å². The van der Waals surface area contributed by atoms with E-state index in [4.69, 9.17) is 4.74 Å². The van der Waals surface area contributed by atoms with Gasteiger partial charge < -0.3 is 14.2 Å². The third-order valence-corrected chi connectivity index (χ3v) is 6.06. The fraction of sp³-hybridized carbons (Fsp3) is 0.240. The predicted molar refractivity (Wildman–Crippen MR) is 126 cm³/mol. The summed E-state index contributed by atoms with van der Waals surface area (Å²) in [5, 5.41) is 9.70. The fourth-order valence-electron chi connectivity index (χ4n) is 3.93. The third kappa shape index (κ3) is 4.21. The SMILES string of the molecule is Cc1cc(/C=C(/C#N)c2ccc(Br)cc2)c(C)n1-c1ccc(N2CCOCC2)cc1. The molecule has 0 saturated carbocycles. The zero-order valence-electron chi connectivity index (χ0n) is 17.2. The van der Waals surface area contributed by atoms with Crippen molar-refractivity contribution in [1.82, 2.24) is 4.57 Å². The molecular weight excluding hydrogens is 438 g/mol. The molecule has 1 fully saturated rings. The number of allylic oxidation sites excluding steroid dienone is 1. The molecule has 0 N–H and O–H groups in total. The smallest absolute Gasteiger partial charge is 0.0998 e. The number of aromatic nitrogens is 1. The number of aryl methyl sites for hydroxylation is 1. The van der Waals surface area contributed by atoms with Gasteiger partial charge in [0.2, 0.25) is 0 Å². The van der Waals surface area contributed by atoms with Crippen molar-refractivity contribution in [3.8, 4) is 11.8 Å². The second kappa shape index (κ2) is 8.91. The van der Waals surface area contributed by atoms with Crippen LogP contribution in [-0.4, -0.2) is 30.9 Å². The van der Waals surface area contributed by atoms with Crippen molar-refractivity contribution in [2.75, 3.05) is 31.2 Å². The highest BCUT2D eigenvalue weighted by Crippen LogP contribution is 2.27. The van der Waals surface area contributed by atoms with Crippen LogP contribution in [0, 0.1) is 25.2 Å². The Bertz CT molecular complexity index is 1100. The van der Waals surface area contributed by atoms with Crippen molar-refractivity contribution >= 4 is 33.3 Å². The lowest BCUT2D eigenvalue weighted by Crippen LogP contribution is -2.36. The number of hydrogen-bond acceptors (Lipinski definition) is 3. The molecule has 1 saturated heterocycles. The summed E-state index contributed by atoms with van der Waals surface area (Å²) in [7, 11) is 0. The molecule has 2 heterocycles. The minimum atomic E-state index is 0.658. The topological polar surface area (TPSA) is 41.2 Å². The second-order valence-corrected chi connectivity index (χ2v) is 8.37. The van der Waals surface area contributed by atoms with Gasteiger partial charge in [0.25, 0.3) is 0 Å². The van der Waals surface area contributed by atoms with Crippen molar-refractivity contribution in [2.24, 2.45) is 0 Å². The van der Waals surface area contributed by atoms with Crippen molar-refractivity contribution < 1.29 is 4.74 Å². The van der Waals surface area contributed by atoms with Crippen molar-refractivity contribution in [2.45, 2.75) is 13.8 Å². The summed E-state index contributed by atoms with van der Waals surface area (Å²) in [5.74, 6) is 0. The molecule has 0 bridgehead atoms. The highest BCUT2D eigenvalue weighted by atomic mass is 79.9. The molecule has 152 valence electrons. The Morgan fingerprint density at radius 2 is 1.63 bits per heavy atom. The molecule has 0 aliphatic carbocycles. The van der Waals surface area contributed by atoms with Gasteiger partial charge in [0, 0.05) is 40.3 Å². The minimum absolute atomic E-state index is 0.658. The molecule has 0 unspecified atom stereocenters. The van der Waals surface area contributed by atoms with E-state index in [0.717, 1.165) is 59.0 Å². The van der Waals surface area contributed by atoms with E-state index in [1.54, 1.807) is 0 Å². The van der Waals surface area contributed by atoms with E-state index in [9.17, 15) is 5.26 Å². The van der Waals surface area contributed by atoms with Gasteiger partial charge in [-0.05, 0) is 73.5 Å². The number of benzene rings is 2. The van der Waals surface area contributed by atoms with Crippen LogP contribution in [0.25, 0.3) is 17.3 Å². The van der Waals surface area contributed by atoms with Crippen molar-refractivity contribution in [3.63, 3.8) is 0 Å². The molecule has 0 amide bonds. The average Bonchev–Trinajstić information content (AvgIpc) is 3.06. The molecule has 5 heteroatoms. The first-order valence-electron chi connectivity index (χ1n) is 10.1. The van der Waals surface area contributed by atoms with Crippen LogP contribution in [0.2, 0.25) is 0 Å². The number of halogens is 1. The third-order valence-electron chi connectivity index (χ3n) is 5.53. The molecule has 4 nitrogen and oxygen atoms in total. The number of hydrogen-bond donors (Lipinski definition) is 0. The Morgan fingerprint density at radius 1 is 1.00 bits per heavy atom. The van der Waals surface area contributed by atoms with Gasteiger partial charge >= 0.3 is 0 Å². The first-order valence-corrected chi connectivity index (χ1v) is 10.9. The second-order valence-electron chi connectivity index (χ2n) is 7.45. The molecular formula is C25H24BrN3O. The van der Waals surface area contributed by atoms with Crippen LogP contribution in [0.15, 0.2) is 59.1 Å². The Balaban J connectivity index is 1.65. The highest BCUT2D eigenvalue weighted by molar-refractivity contribution is 9.10. The van der Waals surface area contributed by atoms with Crippen LogP contribution in [0.5, 0.6) is 0 Å². The van der Waals surface area contributed by atoms with Crippen LogP contribution in [0.4, 0.5) is 5.69 Å². The van der Waals surface area contributed by atoms with Crippen LogP contribution in [-0.2, 0) is 4.74 Å². The Morgan fingerprint density at radius 3 is 2.27 bits per heavy atom. The summed E-state index contributed by atoms with van der Waals surface area (Å²) < 4.78 is 8.69. The largest absolute Gasteiger partial charge is 0.378 e. The molecule has 30 heavy (non-hydrogen) atoms. The molecule has 1 aliphatic heterocycles. The van der Waals surface area contributed by atoms with Crippen LogP contribution < -0.4 is 4.90 Å². The van der Waals surface area contributed by atoms with Crippen LogP contribution in [0.1, 0.15) is 22.5 Å². The maximum Gasteiger partial charge on any atom is 0.0998 e. The number of nitriles is 1. The van der Waals surface area contributed by atoms with Gasteiger partial charge in [-0.1, -0.05) is 28.1 Å². The molecule has 0 spiro atoms. The van der Waals surface area contributed by atoms with Crippen molar-refractivity contribution in [3.05, 3.63) is 81.6 Å². The van der Waals surface area contributed by atoms with E-state index in [1.807, 2.05) is 30.3 Å². The first kappa shape index (κ1) is 20.5. The fourth-order valence-corrected chi connectivity index (χ4v) is 4.19. The minimum Gasteiger partial charge on any atom is -0.378 e. The lowest BCUT2D eigenvalue weighted by atomic mass is 10.0. The average molecular weight is 462 g/mol. The standard InChI is InChI=1S/C25H24BrN3O/c1-18-15-21(16-22(17-27)20-3-5-23(26)6-4-20)19(2)29(18)25-9-7-24(8-10-25)28-11-13-30-14-12-28/h3-10,15-16H,11-14H2,1-2H3/b22-16-. The zero-order valence-corrected chi connectivity index (χ0v) is 18.8. The van der Waals surface area contributed by atoms with Gasteiger partial charge in [0.1, 0.15) is 0 Å². The summed E-state index contributed by atoms with van der Waals surface area (Å²) in [4.78, 5) is 2.36. The first-order chi connectivity index (χ1) is 14.6. The lowest BCUT2D eigenvalue weighted by molar-refractivity contribution is 0.122. The number of rotatable bonds is 4. The van der Waals surface area contributed by atoms with Gasteiger partial charge in [-0.2, -0.15) is 5.26 Å². The highest BCUT2D eigenvalue weighted by Gasteiger charge is 2.13. The molecule has 4 rings (SSSR count). The summed E-state index contributed by atoms with van der Waals surface area (Å²) in [6.07, 6.45) is 1.98. The van der Waals surface area contributed by atoms with Crippen molar-refractivity contribution in [1.29, 1.82) is 5.26 Å². The molecule has 0 atom stereocenters. The predicted octanol–water partition coefficient (Wildman–Crippen LogP) is 5.76. The molecule has 1 aromatic heterocycles. The Kier molecular flexibility index (Phi) is 6.08. The molecule has 1 aliphatic rings. The summed E-state index contributed by atoms with van der Waals surface area (Å²) in [6, 6.07) is 21.0. The monoisotopic (exact) mass is 461 g/mol. The zero-order chi connectivity index (χ0) is 21.1. The van der Waals surface area contributed by atoms with Gasteiger partial charge in [0.05, 0.1) is 24.9 Å². The van der Waals surface area contributed by atoms with E-state index in [0.29, 0.717) is 5.57 Å². The quantitative estimate of drug-likeness (QED) is 0.463. The summed E-state index contributed by atoms with van der Waals surface area (Å²) in [6.45, 7) is 7.64. The summed E-state index contributed by atoms with van der Waals surface area (Å²) >= 11 is 3.45. The van der Waals surface area contributed by atoms with Gasteiger partial charge in [-0.25, -0.2) is 0 Å². The molecule has 2 aromatic carbocycles. The van der Waals surface area contributed by atoms with E-state index >= 15 is 0 Å². The number of morpholine rings is 1. The number of nitrogens with zero attached hydrogens (tertiary/aromatic N) is 3. The number of anilines is 1. The van der Waals surface area contributed by atoms with E-state index < -0.39 is 0 Å². The maximum atomic E-state index is 9.70. The maximum absolute atomic E-state index is 9.70. The van der Waals surface area contributed by atoms with Crippen LogP contribution >= 0.6 is 15.9 Å². The normalized spacial score (nSPS) is 14.6. The lowest BCUT2D eigenvalue weighted by Gasteiger charge is -2.29. The van der Waals surface area contributed by atoms with E-state index in [1.165, 1.54) is 5.69 Å².